The van der Waals surface area contributed by atoms with Crippen LogP contribution >= 0.6 is 0 Å². The second kappa shape index (κ2) is 6.26. The number of ether oxygens (including phenoxy) is 1. The van der Waals surface area contributed by atoms with Crippen molar-refractivity contribution in [2.75, 3.05) is 18.9 Å². The molecule has 112 valence electrons. The Kier molecular flexibility index (Phi) is 4.65. The Morgan fingerprint density at radius 2 is 2.30 bits per heavy atom. The summed E-state index contributed by atoms with van der Waals surface area (Å²) in [5.41, 5.74) is 7.70. The van der Waals surface area contributed by atoms with Crippen molar-refractivity contribution in [3.05, 3.63) is 11.4 Å². The minimum Gasteiger partial charge on any atom is -0.395 e. The lowest BCUT2D eigenvalue weighted by molar-refractivity contribution is 0.0823. The van der Waals surface area contributed by atoms with Gasteiger partial charge < -0.3 is 15.8 Å². The molecule has 3 N–H and O–H groups in total. The molecule has 2 heterocycles. The van der Waals surface area contributed by atoms with Crippen LogP contribution in [0.15, 0.2) is 0 Å². The zero-order chi connectivity index (χ0) is 14.7. The van der Waals surface area contributed by atoms with Gasteiger partial charge in [0.1, 0.15) is 5.69 Å². The van der Waals surface area contributed by atoms with Gasteiger partial charge in [-0.15, -0.1) is 0 Å². The molecular weight excluding hydrogens is 256 g/mol. The second-order valence-corrected chi connectivity index (χ2v) is 5.26. The van der Waals surface area contributed by atoms with Gasteiger partial charge in [-0.25, -0.2) is 0 Å². The van der Waals surface area contributed by atoms with Gasteiger partial charge in [0, 0.05) is 26.1 Å². The number of carbonyl (C=O) groups excluding carboxylic acids is 1. The van der Waals surface area contributed by atoms with E-state index in [1.54, 1.807) is 11.7 Å². The summed E-state index contributed by atoms with van der Waals surface area (Å²) in [4.78, 5) is 12.3. The molecule has 0 bridgehead atoms. The summed E-state index contributed by atoms with van der Waals surface area (Å²) in [7, 11) is 1.75. The maximum Gasteiger partial charge on any atom is 0.271 e. The molecule has 2 atom stereocenters. The molecule has 0 saturated carbocycles. The highest BCUT2D eigenvalue weighted by atomic mass is 16.5. The van der Waals surface area contributed by atoms with E-state index in [0.29, 0.717) is 23.8 Å². The fourth-order valence-electron chi connectivity index (χ4n) is 2.81. The summed E-state index contributed by atoms with van der Waals surface area (Å²) >= 11 is 0. The third-order valence-electron chi connectivity index (χ3n) is 3.98. The number of aromatic nitrogens is 2. The van der Waals surface area contributed by atoms with E-state index in [1.165, 1.54) is 0 Å². The van der Waals surface area contributed by atoms with Crippen molar-refractivity contribution in [2.24, 2.45) is 13.0 Å². The molecule has 20 heavy (non-hydrogen) atoms. The highest BCUT2D eigenvalue weighted by Gasteiger charge is 2.28. The van der Waals surface area contributed by atoms with E-state index in [4.69, 9.17) is 10.5 Å². The lowest BCUT2D eigenvalue weighted by Gasteiger charge is -2.17. The van der Waals surface area contributed by atoms with Gasteiger partial charge in [0.05, 0.1) is 17.5 Å². The molecule has 2 rings (SSSR count). The lowest BCUT2D eigenvalue weighted by Crippen LogP contribution is -2.34. The first-order valence-electron chi connectivity index (χ1n) is 7.29. The average Bonchev–Trinajstić information content (AvgIpc) is 3.00. The molecule has 1 aromatic rings. The van der Waals surface area contributed by atoms with E-state index in [-0.39, 0.29) is 12.0 Å². The van der Waals surface area contributed by atoms with E-state index in [1.807, 2.05) is 6.92 Å². The Morgan fingerprint density at radius 1 is 1.55 bits per heavy atom. The molecule has 0 spiro atoms. The number of amides is 1. The molecule has 1 fully saturated rings. The quantitative estimate of drug-likeness (QED) is 0.846. The van der Waals surface area contributed by atoms with Crippen molar-refractivity contribution < 1.29 is 9.53 Å². The number of hydrogen-bond acceptors (Lipinski definition) is 4. The van der Waals surface area contributed by atoms with E-state index >= 15 is 0 Å². The number of nitrogens with one attached hydrogen (secondary N) is 1. The SMILES string of the molecule is CCc1nn(C)c(C(=O)NCC2CCOC2CC)c1N. The topological polar surface area (TPSA) is 82.2 Å². The zero-order valence-electron chi connectivity index (χ0n) is 12.5. The van der Waals surface area contributed by atoms with Gasteiger partial charge >= 0.3 is 0 Å². The highest BCUT2D eigenvalue weighted by molar-refractivity contribution is 5.97. The molecule has 0 aliphatic carbocycles. The number of nitrogens with two attached hydrogens (primary N) is 1. The first-order valence-corrected chi connectivity index (χ1v) is 7.29. The number of nitrogen functional groups attached to an aromatic ring is 1. The first-order chi connectivity index (χ1) is 9.58. The van der Waals surface area contributed by atoms with Gasteiger partial charge in [0.25, 0.3) is 5.91 Å². The monoisotopic (exact) mass is 280 g/mol. The minimum absolute atomic E-state index is 0.154. The molecule has 1 saturated heterocycles. The zero-order valence-corrected chi connectivity index (χ0v) is 12.5. The summed E-state index contributed by atoms with van der Waals surface area (Å²) < 4.78 is 7.19. The Morgan fingerprint density at radius 3 is 2.90 bits per heavy atom. The summed E-state index contributed by atoms with van der Waals surface area (Å²) in [6.07, 6.45) is 2.96. The lowest BCUT2D eigenvalue weighted by atomic mass is 9.99. The standard InChI is InChI=1S/C14H24N4O2/c1-4-10-12(15)13(18(3)17-10)14(19)16-8-9-6-7-20-11(9)5-2/h9,11H,4-8,15H2,1-3H3,(H,16,19). The van der Waals surface area contributed by atoms with Crippen molar-refractivity contribution in [1.29, 1.82) is 0 Å². The highest BCUT2D eigenvalue weighted by Crippen LogP contribution is 2.23. The Bertz CT molecular complexity index is 484. The molecule has 6 nitrogen and oxygen atoms in total. The fraction of sp³-hybridized carbons (Fsp3) is 0.714. The normalized spacial score (nSPS) is 22.1. The van der Waals surface area contributed by atoms with Gasteiger partial charge in [-0.05, 0) is 19.3 Å². The van der Waals surface area contributed by atoms with Crippen LogP contribution in [0.25, 0.3) is 0 Å². The molecule has 2 unspecified atom stereocenters. The predicted octanol–water partition coefficient (Wildman–Crippen LogP) is 1.11. The summed E-state index contributed by atoms with van der Waals surface area (Å²) in [6, 6.07) is 0. The van der Waals surface area contributed by atoms with Crippen LogP contribution in [0.3, 0.4) is 0 Å². The van der Waals surface area contributed by atoms with Crippen LogP contribution in [-0.2, 0) is 18.2 Å². The largest absolute Gasteiger partial charge is 0.395 e. The van der Waals surface area contributed by atoms with Gasteiger partial charge in [-0.3, -0.25) is 9.48 Å². The minimum atomic E-state index is -0.154. The number of hydrogen-bond donors (Lipinski definition) is 2. The van der Waals surface area contributed by atoms with Crippen molar-refractivity contribution in [1.82, 2.24) is 15.1 Å². The van der Waals surface area contributed by atoms with Gasteiger partial charge in [-0.1, -0.05) is 13.8 Å². The van der Waals surface area contributed by atoms with Crippen molar-refractivity contribution in [3.8, 4) is 0 Å². The number of anilines is 1. The van der Waals surface area contributed by atoms with Gasteiger partial charge in [0.2, 0.25) is 0 Å². The number of nitrogens with zero attached hydrogens (tertiary/aromatic N) is 2. The summed E-state index contributed by atoms with van der Waals surface area (Å²) in [5, 5.41) is 7.23. The second-order valence-electron chi connectivity index (χ2n) is 5.26. The Balaban J connectivity index is 2.00. The summed E-state index contributed by atoms with van der Waals surface area (Å²) in [5.74, 6) is 0.239. The van der Waals surface area contributed by atoms with Crippen LogP contribution < -0.4 is 11.1 Å². The van der Waals surface area contributed by atoms with Gasteiger partial charge in [-0.2, -0.15) is 5.10 Å². The van der Waals surface area contributed by atoms with Crippen LogP contribution in [0.4, 0.5) is 5.69 Å². The number of carbonyl (C=O) groups is 1. The van der Waals surface area contributed by atoms with Crippen molar-refractivity contribution >= 4 is 11.6 Å². The maximum atomic E-state index is 12.3. The maximum absolute atomic E-state index is 12.3. The van der Waals surface area contributed by atoms with Crippen LogP contribution in [0.1, 0.15) is 42.9 Å². The van der Waals surface area contributed by atoms with E-state index in [9.17, 15) is 4.79 Å². The molecule has 6 heteroatoms. The van der Waals surface area contributed by atoms with Crippen LogP contribution in [-0.4, -0.2) is 34.9 Å². The van der Waals surface area contributed by atoms with Crippen molar-refractivity contribution in [2.45, 2.75) is 39.2 Å². The first kappa shape index (κ1) is 14.8. The molecule has 1 aromatic heterocycles. The van der Waals surface area contributed by atoms with E-state index in [0.717, 1.165) is 31.6 Å². The van der Waals surface area contributed by atoms with E-state index in [2.05, 4.69) is 17.3 Å². The third-order valence-corrected chi connectivity index (χ3v) is 3.98. The third kappa shape index (κ3) is 2.80. The Hall–Kier alpha value is -1.56. The molecule has 1 aliphatic heterocycles. The molecule has 1 amide bonds. The smallest absolute Gasteiger partial charge is 0.271 e. The molecule has 0 aromatic carbocycles. The molecular formula is C14H24N4O2. The van der Waals surface area contributed by atoms with E-state index < -0.39 is 0 Å². The summed E-state index contributed by atoms with van der Waals surface area (Å²) in [6.45, 7) is 5.50. The number of aryl methyl sites for hydroxylation is 2. The molecule has 0 radical (unpaired) electrons. The van der Waals surface area contributed by atoms with Crippen LogP contribution in [0.5, 0.6) is 0 Å². The van der Waals surface area contributed by atoms with Crippen molar-refractivity contribution in [3.63, 3.8) is 0 Å². The molecule has 1 aliphatic rings. The predicted molar refractivity (Wildman–Crippen MR) is 77.5 cm³/mol. The number of rotatable bonds is 5. The average molecular weight is 280 g/mol. The Labute approximate surface area is 119 Å². The fourth-order valence-corrected chi connectivity index (χ4v) is 2.81. The van der Waals surface area contributed by atoms with Crippen LogP contribution in [0, 0.1) is 5.92 Å². The van der Waals surface area contributed by atoms with Crippen LogP contribution in [0.2, 0.25) is 0 Å². The van der Waals surface area contributed by atoms with Gasteiger partial charge in [0.15, 0.2) is 0 Å².